The standard InChI is InChI=1S/C19H18ClN3O2S2/c1-10-3-5-12-13(9-21)18(27-16(12)7-10)23-19(26)22-17(24)11-4-6-15(25-2)14(20)8-11/h4,6,8,10H,3,5,7H2,1-2H3,(H2,22,23,24,26)/t10-/m1/s1. The van der Waals surface area contributed by atoms with E-state index in [4.69, 9.17) is 28.6 Å². The highest BCUT2D eigenvalue weighted by atomic mass is 35.5. The van der Waals surface area contributed by atoms with Crippen LogP contribution in [0.25, 0.3) is 0 Å². The number of carbonyl (C=O) groups excluding carboxylic acids is 1. The summed E-state index contributed by atoms with van der Waals surface area (Å²) < 4.78 is 5.08. The molecule has 27 heavy (non-hydrogen) atoms. The fraction of sp³-hybridized carbons (Fsp3) is 0.316. The van der Waals surface area contributed by atoms with E-state index in [1.54, 1.807) is 12.1 Å². The highest BCUT2D eigenvalue weighted by Gasteiger charge is 2.24. The lowest BCUT2D eigenvalue weighted by Gasteiger charge is -2.17. The first-order valence-electron chi connectivity index (χ1n) is 8.43. The van der Waals surface area contributed by atoms with Crippen molar-refractivity contribution in [1.29, 1.82) is 5.26 Å². The average molecular weight is 420 g/mol. The largest absolute Gasteiger partial charge is 0.495 e. The molecule has 0 saturated heterocycles. The Balaban J connectivity index is 1.72. The summed E-state index contributed by atoms with van der Waals surface area (Å²) >= 11 is 12.9. The normalized spacial score (nSPS) is 15.4. The predicted octanol–water partition coefficient (Wildman–Crippen LogP) is 4.53. The third kappa shape index (κ3) is 4.24. The number of nitrogens with zero attached hydrogens (tertiary/aromatic N) is 1. The van der Waals surface area contributed by atoms with E-state index in [1.165, 1.54) is 29.4 Å². The Hall–Kier alpha value is -2.14. The van der Waals surface area contributed by atoms with Gasteiger partial charge >= 0.3 is 0 Å². The first-order valence-corrected chi connectivity index (χ1v) is 10.0. The number of thiophene rings is 1. The summed E-state index contributed by atoms with van der Waals surface area (Å²) in [7, 11) is 1.51. The van der Waals surface area contributed by atoms with Gasteiger partial charge in [-0.1, -0.05) is 18.5 Å². The van der Waals surface area contributed by atoms with Crippen molar-refractivity contribution >= 4 is 51.2 Å². The van der Waals surface area contributed by atoms with E-state index in [-0.39, 0.29) is 11.0 Å². The van der Waals surface area contributed by atoms with Gasteiger partial charge in [-0.3, -0.25) is 10.1 Å². The molecule has 8 heteroatoms. The Morgan fingerprint density at radius 2 is 2.26 bits per heavy atom. The number of halogens is 1. The second-order valence-electron chi connectivity index (χ2n) is 6.43. The highest BCUT2D eigenvalue weighted by Crippen LogP contribution is 2.39. The maximum atomic E-state index is 12.4. The number of ether oxygens (including phenoxy) is 1. The predicted molar refractivity (Wildman–Crippen MR) is 112 cm³/mol. The molecule has 0 bridgehead atoms. The van der Waals surface area contributed by atoms with E-state index in [0.29, 0.717) is 32.8 Å². The summed E-state index contributed by atoms with van der Waals surface area (Å²) in [6.45, 7) is 2.21. The van der Waals surface area contributed by atoms with E-state index < -0.39 is 0 Å². The minimum absolute atomic E-state index is 0.148. The molecular weight excluding hydrogens is 402 g/mol. The molecule has 140 valence electrons. The van der Waals surface area contributed by atoms with Crippen molar-refractivity contribution in [2.24, 2.45) is 5.92 Å². The van der Waals surface area contributed by atoms with E-state index in [1.807, 2.05) is 0 Å². The fourth-order valence-electron chi connectivity index (χ4n) is 3.07. The zero-order valence-electron chi connectivity index (χ0n) is 14.9. The van der Waals surface area contributed by atoms with Crippen molar-refractivity contribution in [1.82, 2.24) is 5.32 Å². The molecule has 1 aliphatic rings. The topological polar surface area (TPSA) is 74.2 Å². The Bertz CT molecular complexity index is 949. The van der Waals surface area contributed by atoms with Gasteiger partial charge in [0.15, 0.2) is 5.11 Å². The average Bonchev–Trinajstić information content (AvgIpc) is 2.97. The number of nitriles is 1. The number of thiocarbonyl (C=S) groups is 1. The van der Waals surface area contributed by atoms with Crippen molar-refractivity contribution in [2.75, 3.05) is 12.4 Å². The van der Waals surface area contributed by atoms with Crippen molar-refractivity contribution in [2.45, 2.75) is 26.2 Å². The second kappa shape index (κ2) is 8.26. The van der Waals surface area contributed by atoms with Crippen LogP contribution in [0.4, 0.5) is 5.00 Å². The number of hydrogen-bond donors (Lipinski definition) is 2. The molecule has 2 aromatic rings. The summed E-state index contributed by atoms with van der Waals surface area (Å²) in [5.41, 5.74) is 2.11. The van der Waals surface area contributed by atoms with Gasteiger partial charge in [0.1, 0.15) is 16.8 Å². The SMILES string of the molecule is COc1ccc(C(=O)NC(=S)Nc2sc3c(c2C#N)CC[C@@H](C)C3)cc1Cl. The number of hydrogen-bond acceptors (Lipinski definition) is 5. The Morgan fingerprint density at radius 3 is 2.93 bits per heavy atom. The number of carbonyl (C=O) groups is 1. The van der Waals surface area contributed by atoms with Crippen LogP contribution < -0.4 is 15.4 Å². The first-order chi connectivity index (χ1) is 12.9. The summed E-state index contributed by atoms with van der Waals surface area (Å²) in [6, 6.07) is 7.02. The lowest BCUT2D eigenvalue weighted by Crippen LogP contribution is -2.34. The number of benzene rings is 1. The molecule has 0 spiro atoms. The van der Waals surface area contributed by atoms with Crippen LogP contribution in [0.15, 0.2) is 18.2 Å². The van der Waals surface area contributed by atoms with Crippen LogP contribution in [0.5, 0.6) is 5.75 Å². The van der Waals surface area contributed by atoms with Crippen molar-refractivity contribution in [3.63, 3.8) is 0 Å². The van der Waals surface area contributed by atoms with Gasteiger partial charge in [-0.2, -0.15) is 5.26 Å². The zero-order chi connectivity index (χ0) is 19.6. The molecule has 1 aliphatic carbocycles. The molecule has 0 aliphatic heterocycles. The van der Waals surface area contributed by atoms with E-state index in [9.17, 15) is 10.1 Å². The summed E-state index contributed by atoms with van der Waals surface area (Å²) in [4.78, 5) is 13.6. The van der Waals surface area contributed by atoms with Gasteiger partial charge in [0.05, 0.1) is 17.7 Å². The first kappa shape index (κ1) is 19.6. The van der Waals surface area contributed by atoms with Crippen molar-refractivity contribution < 1.29 is 9.53 Å². The molecule has 1 aromatic carbocycles. The van der Waals surface area contributed by atoms with Gasteiger partial charge in [0, 0.05) is 10.4 Å². The van der Waals surface area contributed by atoms with Crippen LogP contribution in [0.2, 0.25) is 5.02 Å². The lowest BCUT2D eigenvalue weighted by atomic mass is 9.89. The van der Waals surface area contributed by atoms with E-state index >= 15 is 0 Å². The Labute approximate surface area is 172 Å². The summed E-state index contributed by atoms with van der Waals surface area (Å²) in [5.74, 6) is 0.721. The van der Waals surface area contributed by atoms with Gasteiger partial charge in [-0.05, 0) is 61.2 Å². The van der Waals surface area contributed by atoms with Gasteiger partial charge < -0.3 is 10.1 Å². The van der Waals surface area contributed by atoms with Gasteiger partial charge in [0.25, 0.3) is 5.91 Å². The number of fused-ring (bicyclic) bond motifs is 1. The van der Waals surface area contributed by atoms with E-state index in [2.05, 4.69) is 23.6 Å². The molecule has 1 aromatic heterocycles. The van der Waals surface area contributed by atoms with Crippen molar-refractivity contribution in [3.8, 4) is 11.8 Å². The molecule has 1 heterocycles. The van der Waals surface area contributed by atoms with Crippen LogP contribution >= 0.6 is 35.2 Å². The number of anilines is 1. The van der Waals surface area contributed by atoms with Crippen molar-refractivity contribution in [3.05, 3.63) is 44.8 Å². The van der Waals surface area contributed by atoms with Gasteiger partial charge in [-0.25, -0.2) is 0 Å². The number of rotatable bonds is 3. The molecule has 2 N–H and O–H groups in total. The molecule has 0 saturated carbocycles. The van der Waals surface area contributed by atoms with Crippen LogP contribution in [0.1, 0.15) is 39.7 Å². The van der Waals surface area contributed by atoms with Crippen LogP contribution in [0.3, 0.4) is 0 Å². The maximum Gasteiger partial charge on any atom is 0.257 e. The van der Waals surface area contributed by atoms with Crippen LogP contribution in [0, 0.1) is 17.2 Å². The summed E-state index contributed by atoms with van der Waals surface area (Å²) in [5, 5.41) is 16.4. The second-order valence-corrected chi connectivity index (χ2v) is 8.35. The molecule has 0 fully saturated rings. The summed E-state index contributed by atoms with van der Waals surface area (Å²) in [6.07, 6.45) is 2.96. The molecule has 1 amide bonds. The van der Waals surface area contributed by atoms with Crippen LogP contribution in [-0.4, -0.2) is 18.1 Å². The zero-order valence-corrected chi connectivity index (χ0v) is 17.3. The molecule has 5 nitrogen and oxygen atoms in total. The monoisotopic (exact) mass is 419 g/mol. The maximum absolute atomic E-state index is 12.4. The molecule has 1 atom stereocenters. The third-order valence-electron chi connectivity index (χ3n) is 4.49. The third-order valence-corrected chi connectivity index (χ3v) is 6.16. The number of methoxy groups -OCH3 is 1. The fourth-order valence-corrected chi connectivity index (χ4v) is 4.96. The lowest BCUT2D eigenvalue weighted by molar-refractivity contribution is 0.0977. The Kier molecular flexibility index (Phi) is 6.00. The van der Waals surface area contributed by atoms with E-state index in [0.717, 1.165) is 24.8 Å². The minimum Gasteiger partial charge on any atom is -0.495 e. The number of amides is 1. The quantitative estimate of drug-likeness (QED) is 0.715. The molecule has 0 radical (unpaired) electrons. The number of nitrogens with one attached hydrogen (secondary N) is 2. The molecule has 0 unspecified atom stereocenters. The van der Waals surface area contributed by atoms with Crippen LogP contribution in [-0.2, 0) is 12.8 Å². The molecule has 3 rings (SSSR count). The van der Waals surface area contributed by atoms with Gasteiger partial charge in [-0.15, -0.1) is 11.3 Å². The Morgan fingerprint density at radius 1 is 1.48 bits per heavy atom. The smallest absolute Gasteiger partial charge is 0.257 e. The highest BCUT2D eigenvalue weighted by molar-refractivity contribution is 7.80. The van der Waals surface area contributed by atoms with Gasteiger partial charge in [0.2, 0.25) is 0 Å². The minimum atomic E-state index is -0.384. The molecular formula is C19H18ClN3O2S2.